The van der Waals surface area contributed by atoms with Gasteiger partial charge < -0.3 is 10.2 Å². The van der Waals surface area contributed by atoms with Crippen LogP contribution in [0.4, 0.5) is 0 Å². The summed E-state index contributed by atoms with van der Waals surface area (Å²) in [5.41, 5.74) is 2.15. The Balaban J connectivity index is 2.27. The summed E-state index contributed by atoms with van der Waals surface area (Å²) in [7, 11) is 0. The molecule has 1 aromatic rings. The zero-order chi connectivity index (χ0) is 12.4. The van der Waals surface area contributed by atoms with Crippen molar-refractivity contribution in [2.75, 3.05) is 0 Å². The molecule has 2 unspecified atom stereocenters. The smallest absolute Gasteiger partial charge is 0.307 e. The van der Waals surface area contributed by atoms with E-state index < -0.39 is 17.9 Å². The number of carbonyl (C=O) groups is 2. The van der Waals surface area contributed by atoms with Crippen LogP contribution in [0.2, 0.25) is 0 Å². The number of carboxylic acid groups (broad SMARTS) is 2. The quantitative estimate of drug-likeness (QED) is 0.834. The molecular formula is C13H14O4. The third kappa shape index (κ3) is 2.30. The van der Waals surface area contributed by atoms with Gasteiger partial charge >= 0.3 is 11.9 Å². The van der Waals surface area contributed by atoms with E-state index in [9.17, 15) is 9.59 Å². The fourth-order valence-corrected chi connectivity index (χ4v) is 2.60. The molecule has 1 aromatic carbocycles. The van der Waals surface area contributed by atoms with Gasteiger partial charge in [0.05, 0.1) is 12.3 Å². The maximum Gasteiger partial charge on any atom is 0.307 e. The van der Waals surface area contributed by atoms with Crippen molar-refractivity contribution >= 4 is 11.9 Å². The zero-order valence-electron chi connectivity index (χ0n) is 9.30. The van der Waals surface area contributed by atoms with Crippen LogP contribution in [-0.2, 0) is 16.0 Å². The molecule has 1 aliphatic carbocycles. The second-order valence-electron chi connectivity index (χ2n) is 4.39. The fourth-order valence-electron chi connectivity index (χ4n) is 2.60. The Morgan fingerprint density at radius 2 is 2.00 bits per heavy atom. The lowest BCUT2D eigenvalue weighted by Crippen LogP contribution is -2.23. The predicted molar refractivity (Wildman–Crippen MR) is 60.9 cm³/mol. The molecule has 0 heterocycles. The molecule has 0 spiro atoms. The minimum Gasteiger partial charge on any atom is -0.481 e. The second-order valence-corrected chi connectivity index (χ2v) is 4.39. The SMILES string of the molecule is O=C(O)CC(C(=O)O)C1CCc2ccccc21. The molecule has 0 aliphatic heterocycles. The molecule has 2 rings (SSSR count). The molecule has 17 heavy (non-hydrogen) atoms. The first-order chi connectivity index (χ1) is 8.09. The van der Waals surface area contributed by atoms with Gasteiger partial charge in [-0.05, 0) is 29.9 Å². The molecule has 4 heteroatoms. The predicted octanol–water partition coefficient (Wildman–Crippen LogP) is 1.89. The van der Waals surface area contributed by atoms with E-state index in [2.05, 4.69) is 0 Å². The van der Waals surface area contributed by atoms with Gasteiger partial charge in [-0.1, -0.05) is 24.3 Å². The average Bonchev–Trinajstić information content (AvgIpc) is 2.69. The third-order valence-corrected chi connectivity index (χ3v) is 3.38. The van der Waals surface area contributed by atoms with Crippen LogP contribution < -0.4 is 0 Å². The van der Waals surface area contributed by atoms with Crippen molar-refractivity contribution in [3.63, 3.8) is 0 Å². The van der Waals surface area contributed by atoms with Crippen LogP contribution in [0.25, 0.3) is 0 Å². The number of aryl methyl sites for hydroxylation is 1. The standard InChI is InChI=1S/C13H14O4/c14-12(15)7-11(13(16)17)10-6-5-8-3-1-2-4-9(8)10/h1-4,10-11H,5-7H2,(H,14,15)(H,16,17). The number of hydrogen-bond donors (Lipinski definition) is 2. The van der Waals surface area contributed by atoms with Crippen LogP contribution in [0, 0.1) is 5.92 Å². The molecule has 0 amide bonds. The summed E-state index contributed by atoms with van der Waals surface area (Å²) in [5, 5.41) is 17.9. The lowest BCUT2D eigenvalue weighted by atomic mass is 9.85. The van der Waals surface area contributed by atoms with Crippen molar-refractivity contribution < 1.29 is 19.8 Å². The number of carboxylic acids is 2. The average molecular weight is 234 g/mol. The normalized spacial score (nSPS) is 19.6. The highest BCUT2D eigenvalue weighted by Gasteiger charge is 2.35. The maximum absolute atomic E-state index is 11.2. The first-order valence-corrected chi connectivity index (χ1v) is 5.62. The van der Waals surface area contributed by atoms with E-state index in [1.807, 2.05) is 24.3 Å². The summed E-state index contributed by atoms with van der Waals surface area (Å²) in [6.07, 6.45) is 1.25. The molecule has 0 fully saturated rings. The van der Waals surface area contributed by atoms with Gasteiger partial charge in [0.25, 0.3) is 0 Å². The van der Waals surface area contributed by atoms with Crippen molar-refractivity contribution in [3.05, 3.63) is 35.4 Å². The largest absolute Gasteiger partial charge is 0.481 e. The minimum atomic E-state index is -1.05. The van der Waals surface area contributed by atoms with Crippen molar-refractivity contribution in [2.24, 2.45) is 5.92 Å². The number of rotatable bonds is 4. The minimum absolute atomic E-state index is 0.167. The van der Waals surface area contributed by atoms with E-state index in [0.29, 0.717) is 0 Å². The number of aliphatic carboxylic acids is 2. The Bertz CT molecular complexity index is 452. The van der Waals surface area contributed by atoms with Crippen LogP contribution in [0.15, 0.2) is 24.3 Å². The van der Waals surface area contributed by atoms with E-state index in [1.165, 1.54) is 0 Å². The van der Waals surface area contributed by atoms with Gasteiger partial charge in [-0.25, -0.2) is 0 Å². The second kappa shape index (κ2) is 4.57. The molecule has 0 saturated carbocycles. The summed E-state index contributed by atoms with van der Waals surface area (Å²) in [4.78, 5) is 21.9. The molecule has 90 valence electrons. The van der Waals surface area contributed by atoms with Crippen LogP contribution in [-0.4, -0.2) is 22.2 Å². The van der Waals surface area contributed by atoms with Gasteiger partial charge in [0.2, 0.25) is 0 Å². The highest BCUT2D eigenvalue weighted by molar-refractivity contribution is 5.79. The molecule has 0 saturated heterocycles. The summed E-state index contributed by atoms with van der Waals surface area (Å²) in [6, 6.07) is 7.69. The molecule has 0 radical (unpaired) electrons. The Hall–Kier alpha value is -1.84. The lowest BCUT2D eigenvalue weighted by molar-refractivity contribution is -0.149. The maximum atomic E-state index is 11.2. The van der Waals surface area contributed by atoms with Crippen molar-refractivity contribution in [3.8, 4) is 0 Å². The van der Waals surface area contributed by atoms with Crippen molar-refractivity contribution in [1.82, 2.24) is 0 Å². The van der Waals surface area contributed by atoms with E-state index in [4.69, 9.17) is 10.2 Å². The van der Waals surface area contributed by atoms with E-state index in [-0.39, 0.29) is 12.3 Å². The molecule has 0 aromatic heterocycles. The van der Waals surface area contributed by atoms with Gasteiger partial charge in [-0.2, -0.15) is 0 Å². The van der Waals surface area contributed by atoms with Gasteiger partial charge in [0.1, 0.15) is 0 Å². The summed E-state index contributed by atoms with van der Waals surface area (Å²) >= 11 is 0. The first-order valence-electron chi connectivity index (χ1n) is 5.62. The third-order valence-electron chi connectivity index (χ3n) is 3.38. The highest BCUT2D eigenvalue weighted by Crippen LogP contribution is 2.39. The topological polar surface area (TPSA) is 74.6 Å². The number of hydrogen-bond acceptors (Lipinski definition) is 2. The van der Waals surface area contributed by atoms with Crippen molar-refractivity contribution in [2.45, 2.75) is 25.2 Å². The summed E-state index contributed by atoms with van der Waals surface area (Å²) < 4.78 is 0. The highest BCUT2D eigenvalue weighted by atomic mass is 16.4. The zero-order valence-corrected chi connectivity index (χ0v) is 9.30. The lowest BCUT2D eigenvalue weighted by Gasteiger charge is -2.18. The molecule has 4 nitrogen and oxygen atoms in total. The van der Waals surface area contributed by atoms with Crippen LogP contribution in [0.5, 0.6) is 0 Å². The molecular weight excluding hydrogens is 220 g/mol. The van der Waals surface area contributed by atoms with Gasteiger partial charge in [0, 0.05) is 0 Å². The summed E-state index contributed by atoms with van der Waals surface area (Å²) in [5.74, 6) is -3.06. The Kier molecular flexibility index (Phi) is 3.13. The van der Waals surface area contributed by atoms with Gasteiger partial charge in [0.15, 0.2) is 0 Å². The van der Waals surface area contributed by atoms with Gasteiger partial charge in [-0.3, -0.25) is 9.59 Å². The van der Waals surface area contributed by atoms with E-state index in [1.54, 1.807) is 0 Å². The summed E-state index contributed by atoms with van der Waals surface area (Å²) in [6.45, 7) is 0. The molecule has 2 N–H and O–H groups in total. The van der Waals surface area contributed by atoms with Crippen LogP contribution in [0.1, 0.15) is 29.9 Å². The molecule has 1 aliphatic rings. The number of benzene rings is 1. The molecule has 0 bridgehead atoms. The van der Waals surface area contributed by atoms with E-state index >= 15 is 0 Å². The van der Waals surface area contributed by atoms with Gasteiger partial charge in [-0.15, -0.1) is 0 Å². The van der Waals surface area contributed by atoms with E-state index in [0.717, 1.165) is 24.0 Å². The monoisotopic (exact) mass is 234 g/mol. The van der Waals surface area contributed by atoms with Crippen LogP contribution in [0.3, 0.4) is 0 Å². The van der Waals surface area contributed by atoms with Crippen molar-refractivity contribution in [1.29, 1.82) is 0 Å². The molecule has 2 atom stereocenters. The fraction of sp³-hybridized carbons (Fsp3) is 0.385. The first kappa shape index (κ1) is 11.6. The number of fused-ring (bicyclic) bond motifs is 1. The Morgan fingerprint density at radius 1 is 1.29 bits per heavy atom. The Morgan fingerprint density at radius 3 is 2.65 bits per heavy atom. The Labute approximate surface area is 98.9 Å². The van der Waals surface area contributed by atoms with Crippen LogP contribution >= 0.6 is 0 Å².